The normalized spacial score (nSPS) is 19.1. The number of hydrogen-bond acceptors (Lipinski definition) is 6. The lowest BCUT2D eigenvalue weighted by atomic mass is 9.91. The third-order valence-electron chi connectivity index (χ3n) is 5.89. The van der Waals surface area contributed by atoms with Gasteiger partial charge in [-0.25, -0.2) is 13.6 Å². The van der Waals surface area contributed by atoms with Crippen molar-refractivity contribution in [3.05, 3.63) is 70.9 Å². The number of aryl methyl sites for hydroxylation is 1. The van der Waals surface area contributed by atoms with E-state index < -0.39 is 35.5 Å². The molecule has 34 heavy (non-hydrogen) atoms. The van der Waals surface area contributed by atoms with Gasteiger partial charge < -0.3 is 24.7 Å². The summed E-state index contributed by atoms with van der Waals surface area (Å²) in [4.78, 5) is 27.4. The summed E-state index contributed by atoms with van der Waals surface area (Å²) >= 11 is 0. The Labute approximate surface area is 193 Å². The second-order valence-corrected chi connectivity index (χ2v) is 8.20. The van der Waals surface area contributed by atoms with Gasteiger partial charge in [0, 0.05) is 37.6 Å². The van der Waals surface area contributed by atoms with Crippen LogP contribution in [0.3, 0.4) is 0 Å². The molecule has 1 saturated heterocycles. The highest BCUT2D eigenvalue weighted by atomic mass is 19.1. The quantitative estimate of drug-likeness (QED) is 0.595. The molecular formula is C23H21F2N5O4. The van der Waals surface area contributed by atoms with Gasteiger partial charge in [0.15, 0.2) is 0 Å². The average molecular weight is 469 g/mol. The van der Waals surface area contributed by atoms with E-state index >= 15 is 4.39 Å². The Bertz CT molecular complexity index is 1250. The van der Waals surface area contributed by atoms with E-state index in [0.29, 0.717) is 35.9 Å². The van der Waals surface area contributed by atoms with Crippen LogP contribution >= 0.6 is 0 Å². The van der Waals surface area contributed by atoms with E-state index in [1.165, 1.54) is 35.2 Å². The molecule has 2 atom stereocenters. The van der Waals surface area contributed by atoms with Crippen molar-refractivity contribution in [2.24, 2.45) is 0 Å². The molecule has 0 saturated carbocycles. The van der Waals surface area contributed by atoms with Crippen molar-refractivity contribution in [2.45, 2.75) is 31.8 Å². The molecule has 176 valence electrons. The minimum atomic E-state index is -1.04. The predicted octanol–water partition coefficient (Wildman–Crippen LogP) is 2.91. The minimum Gasteiger partial charge on any atom is -0.493 e. The standard InChI is InChI=1S/C23H21F2N5O4/c1-12-28-29-20(34-12)11-30-10-17(16-8-13-6-7-33-19(13)9-18(16)25)21(22(30)31)27-23(32)26-15-4-2-14(24)3-5-15/h2-5,8-9,17,21H,6-7,10-11H2,1H3,(H2,26,27,32)/t17-,21-/m0/s1. The maximum atomic E-state index is 15.1. The van der Waals surface area contributed by atoms with Crippen LogP contribution in [0.1, 0.15) is 28.8 Å². The lowest BCUT2D eigenvalue weighted by Gasteiger charge is -2.20. The predicted molar refractivity (Wildman–Crippen MR) is 115 cm³/mol. The van der Waals surface area contributed by atoms with Gasteiger partial charge in [-0.05, 0) is 41.5 Å². The second-order valence-electron chi connectivity index (χ2n) is 8.20. The van der Waals surface area contributed by atoms with Gasteiger partial charge in [0.1, 0.15) is 23.4 Å². The Morgan fingerprint density at radius 3 is 2.74 bits per heavy atom. The van der Waals surface area contributed by atoms with Crippen LogP contribution in [-0.4, -0.2) is 46.2 Å². The second kappa shape index (κ2) is 8.73. The molecule has 9 nitrogen and oxygen atoms in total. The van der Waals surface area contributed by atoms with Crippen LogP contribution < -0.4 is 15.4 Å². The summed E-state index contributed by atoms with van der Waals surface area (Å²) in [6.07, 6.45) is 0.636. The SMILES string of the molecule is Cc1nnc(CN2C[C@@H](c3cc4c(cc3F)OCC4)[C@H](NC(=O)Nc3ccc(F)cc3)C2=O)o1. The Balaban J connectivity index is 1.41. The number of nitrogens with one attached hydrogen (secondary N) is 2. The molecular weight excluding hydrogens is 448 g/mol. The van der Waals surface area contributed by atoms with Gasteiger partial charge >= 0.3 is 6.03 Å². The van der Waals surface area contributed by atoms with Crippen molar-refractivity contribution in [1.29, 1.82) is 0 Å². The van der Waals surface area contributed by atoms with Crippen molar-refractivity contribution in [3.8, 4) is 5.75 Å². The highest BCUT2D eigenvalue weighted by Crippen LogP contribution is 2.36. The molecule has 5 rings (SSSR count). The Morgan fingerprint density at radius 2 is 2.00 bits per heavy atom. The zero-order chi connectivity index (χ0) is 23.8. The highest BCUT2D eigenvalue weighted by Gasteiger charge is 2.44. The fourth-order valence-corrected chi connectivity index (χ4v) is 4.29. The number of nitrogens with zero attached hydrogens (tertiary/aromatic N) is 3. The molecule has 2 N–H and O–H groups in total. The molecule has 1 fully saturated rings. The summed E-state index contributed by atoms with van der Waals surface area (Å²) < 4.78 is 39.0. The maximum Gasteiger partial charge on any atom is 0.319 e. The first-order valence-electron chi connectivity index (χ1n) is 10.7. The maximum absolute atomic E-state index is 15.1. The third kappa shape index (κ3) is 4.28. The smallest absolute Gasteiger partial charge is 0.319 e. The summed E-state index contributed by atoms with van der Waals surface area (Å²) in [5.74, 6) is -0.949. The van der Waals surface area contributed by atoms with Crippen molar-refractivity contribution >= 4 is 17.6 Å². The van der Waals surface area contributed by atoms with Crippen LogP contribution in [0.4, 0.5) is 19.3 Å². The van der Waals surface area contributed by atoms with Crippen LogP contribution in [0.2, 0.25) is 0 Å². The zero-order valence-corrected chi connectivity index (χ0v) is 18.2. The number of anilines is 1. The van der Waals surface area contributed by atoms with Gasteiger partial charge in [-0.1, -0.05) is 0 Å². The molecule has 3 heterocycles. The van der Waals surface area contributed by atoms with Crippen LogP contribution in [0, 0.1) is 18.6 Å². The fourth-order valence-electron chi connectivity index (χ4n) is 4.29. The molecule has 2 aromatic carbocycles. The van der Waals surface area contributed by atoms with Gasteiger partial charge in [-0.15, -0.1) is 10.2 Å². The molecule has 0 unspecified atom stereocenters. The molecule has 3 amide bonds. The van der Waals surface area contributed by atoms with E-state index in [9.17, 15) is 14.0 Å². The van der Waals surface area contributed by atoms with E-state index in [1.54, 1.807) is 13.0 Å². The van der Waals surface area contributed by atoms with Gasteiger partial charge in [0.25, 0.3) is 0 Å². The summed E-state index contributed by atoms with van der Waals surface area (Å²) in [5, 5.41) is 12.9. The number of carbonyl (C=O) groups excluding carboxylic acids is 2. The number of aromatic nitrogens is 2. The average Bonchev–Trinajstić information content (AvgIpc) is 3.50. The van der Waals surface area contributed by atoms with E-state index in [0.717, 1.165) is 5.56 Å². The number of hydrogen-bond donors (Lipinski definition) is 2. The van der Waals surface area contributed by atoms with Crippen molar-refractivity contribution < 1.29 is 27.5 Å². The Kier molecular flexibility index (Phi) is 5.60. The molecule has 11 heteroatoms. The first kappa shape index (κ1) is 21.8. The van der Waals surface area contributed by atoms with Crippen molar-refractivity contribution in [3.63, 3.8) is 0 Å². The number of benzene rings is 2. The largest absolute Gasteiger partial charge is 0.493 e. The minimum absolute atomic E-state index is 0.0314. The summed E-state index contributed by atoms with van der Waals surface area (Å²) in [6.45, 7) is 2.27. The van der Waals surface area contributed by atoms with Crippen LogP contribution in [-0.2, 0) is 17.8 Å². The number of likely N-dealkylation sites (tertiary alicyclic amines) is 1. The van der Waals surface area contributed by atoms with E-state index in [1.807, 2.05) is 0 Å². The number of fused-ring (bicyclic) bond motifs is 1. The lowest BCUT2D eigenvalue weighted by Crippen LogP contribution is -2.45. The van der Waals surface area contributed by atoms with Crippen molar-refractivity contribution in [2.75, 3.05) is 18.5 Å². The molecule has 0 radical (unpaired) electrons. The van der Waals surface area contributed by atoms with Gasteiger partial charge in [-0.3, -0.25) is 4.79 Å². The first-order chi connectivity index (χ1) is 16.4. The Hall–Kier alpha value is -4.02. The number of halogens is 2. The molecule has 0 bridgehead atoms. The number of carbonyl (C=O) groups is 2. The zero-order valence-electron chi connectivity index (χ0n) is 18.2. The summed E-state index contributed by atoms with van der Waals surface area (Å²) in [7, 11) is 0. The Morgan fingerprint density at radius 1 is 1.21 bits per heavy atom. The third-order valence-corrected chi connectivity index (χ3v) is 5.89. The van der Waals surface area contributed by atoms with Crippen LogP contribution in [0.25, 0.3) is 0 Å². The van der Waals surface area contributed by atoms with E-state index in [2.05, 4.69) is 20.8 Å². The van der Waals surface area contributed by atoms with Gasteiger partial charge in [0.2, 0.25) is 17.7 Å². The molecule has 1 aromatic heterocycles. The van der Waals surface area contributed by atoms with E-state index in [-0.39, 0.29) is 19.0 Å². The number of urea groups is 1. The molecule has 2 aliphatic heterocycles. The highest BCUT2D eigenvalue weighted by molar-refractivity contribution is 5.95. The van der Waals surface area contributed by atoms with Crippen LogP contribution in [0.5, 0.6) is 5.75 Å². The molecule has 0 aliphatic carbocycles. The van der Waals surface area contributed by atoms with E-state index in [4.69, 9.17) is 9.15 Å². The molecule has 0 spiro atoms. The summed E-state index contributed by atoms with van der Waals surface area (Å²) in [6, 6.07) is 6.50. The topological polar surface area (TPSA) is 110 Å². The first-order valence-corrected chi connectivity index (χ1v) is 10.7. The summed E-state index contributed by atoms with van der Waals surface area (Å²) in [5.41, 5.74) is 1.51. The number of ether oxygens (including phenoxy) is 1. The van der Waals surface area contributed by atoms with Crippen LogP contribution in [0.15, 0.2) is 40.8 Å². The monoisotopic (exact) mass is 469 g/mol. The number of amides is 3. The lowest BCUT2D eigenvalue weighted by molar-refractivity contribution is -0.130. The number of rotatable bonds is 5. The molecule has 2 aliphatic rings. The van der Waals surface area contributed by atoms with Gasteiger partial charge in [-0.2, -0.15) is 0 Å². The van der Waals surface area contributed by atoms with Crippen molar-refractivity contribution in [1.82, 2.24) is 20.4 Å². The molecule has 3 aromatic rings. The van der Waals surface area contributed by atoms with Gasteiger partial charge in [0.05, 0.1) is 13.2 Å². The fraction of sp³-hybridized carbons (Fsp3) is 0.304.